The van der Waals surface area contributed by atoms with E-state index in [-0.39, 0.29) is 17.3 Å². The van der Waals surface area contributed by atoms with Gasteiger partial charge in [-0.25, -0.2) is 9.37 Å². The highest BCUT2D eigenvalue weighted by Crippen LogP contribution is 2.41. The van der Waals surface area contributed by atoms with Crippen LogP contribution in [0, 0.1) is 5.82 Å². The molecule has 5 aromatic rings. The first-order valence-electron chi connectivity index (χ1n) is 9.68. The molecule has 0 unspecified atom stereocenters. The van der Waals surface area contributed by atoms with E-state index in [1.807, 2.05) is 42.5 Å². The Labute approximate surface area is 165 Å². The Morgan fingerprint density at radius 1 is 1.03 bits per heavy atom. The molecule has 1 aliphatic carbocycles. The number of rotatable bonds is 2. The molecule has 29 heavy (non-hydrogen) atoms. The van der Waals surface area contributed by atoms with Gasteiger partial charge in [-0.1, -0.05) is 36.4 Å². The highest BCUT2D eigenvalue weighted by atomic mass is 19.1. The van der Waals surface area contributed by atoms with Crippen molar-refractivity contribution in [2.75, 3.05) is 0 Å². The molecule has 0 spiro atoms. The van der Waals surface area contributed by atoms with Crippen molar-refractivity contribution in [3.8, 4) is 5.69 Å². The van der Waals surface area contributed by atoms with Crippen LogP contribution in [0.3, 0.4) is 0 Å². The van der Waals surface area contributed by atoms with Crippen LogP contribution in [-0.2, 0) is 7.05 Å². The van der Waals surface area contributed by atoms with Gasteiger partial charge in [-0.15, -0.1) is 0 Å². The molecule has 1 aliphatic rings. The van der Waals surface area contributed by atoms with Crippen molar-refractivity contribution in [3.05, 3.63) is 76.6 Å². The van der Waals surface area contributed by atoms with Gasteiger partial charge < -0.3 is 0 Å². The molecule has 5 nitrogen and oxygen atoms in total. The number of hydrogen-bond acceptors (Lipinski definition) is 3. The molecule has 2 aromatic carbocycles. The van der Waals surface area contributed by atoms with Crippen molar-refractivity contribution in [2.24, 2.45) is 7.05 Å². The average Bonchev–Trinajstić information content (AvgIpc) is 3.49. The second kappa shape index (κ2) is 5.73. The van der Waals surface area contributed by atoms with E-state index in [1.165, 1.54) is 6.07 Å². The van der Waals surface area contributed by atoms with Gasteiger partial charge in [0.05, 0.1) is 11.4 Å². The lowest BCUT2D eigenvalue weighted by molar-refractivity contribution is 0.603. The monoisotopic (exact) mass is 384 g/mol. The van der Waals surface area contributed by atoms with Crippen LogP contribution in [-0.4, -0.2) is 19.3 Å². The van der Waals surface area contributed by atoms with Crippen molar-refractivity contribution in [3.63, 3.8) is 0 Å². The molecule has 1 saturated carbocycles. The number of aromatic nitrogens is 4. The minimum absolute atomic E-state index is 0.139. The first kappa shape index (κ1) is 16.4. The van der Waals surface area contributed by atoms with Crippen molar-refractivity contribution in [1.29, 1.82) is 0 Å². The molecule has 6 heteroatoms. The fourth-order valence-corrected chi connectivity index (χ4v) is 4.18. The van der Waals surface area contributed by atoms with E-state index in [9.17, 15) is 9.18 Å². The van der Waals surface area contributed by atoms with Crippen LogP contribution >= 0.6 is 0 Å². The fraction of sp³-hybridized carbons (Fsp3) is 0.174. The molecule has 0 atom stereocenters. The molecule has 0 bridgehead atoms. The zero-order valence-corrected chi connectivity index (χ0v) is 15.8. The zero-order valence-electron chi connectivity index (χ0n) is 15.8. The van der Waals surface area contributed by atoms with Gasteiger partial charge in [0, 0.05) is 35.3 Å². The summed E-state index contributed by atoms with van der Waals surface area (Å²) in [5.41, 5.74) is 1.73. The first-order chi connectivity index (χ1) is 14.1. The third kappa shape index (κ3) is 2.35. The zero-order chi connectivity index (χ0) is 19.7. The average molecular weight is 384 g/mol. The third-order valence-electron chi connectivity index (χ3n) is 5.69. The van der Waals surface area contributed by atoms with E-state index >= 15 is 0 Å². The van der Waals surface area contributed by atoms with Gasteiger partial charge in [-0.2, -0.15) is 5.10 Å². The first-order valence-corrected chi connectivity index (χ1v) is 9.68. The van der Waals surface area contributed by atoms with Gasteiger partial charge in [-0.05, 0) is 30.4 Å². The summed E-state index contributed by atoms with van der Waals surface area (Å²) in [5, 5.41) is 7.55. The second-order valence-corrected chi connectivity index (χ2v) is 7.70. The minimum atomic E-state index is -0.312. The lowest BCUT2D eigenvalue weighted by atomic mass is 10.1. The third-order valence-corrected chi connectivity index (χ3v) is 5.69. The number of hydrogen-bond donors (Lipinski definition) is 0. The van der Waals surface area contributed by atoms with Crippen LogP contribution in [0.4, 0.5) is 4.39 Å². The molecular weight excluding hydrogens is 367 g/mol. The maximum atomic E-state index is 14.9. The SMILES string of the molecule is Cn1cc2c(n1)c(=O)n(-c1cccc3ccccc13)c1nc(C3CC3)c(F)cc21. The Hall–Kier alpha value is -3.54. The van der Waals surface area contributed by atoms with Crippen LogP contribution in [0.25, 0.3) is 38.4 Å². The predicted molar refractivity (Wildman–Crippen MR) is 111 cm³/mol. The number of aryl methyl sites for hydroxylation is 1. The lowest BCUT2D eigenvalue weighted by Gasteiger charge is -2.14. The standard InChI is InChI=1S/C23H17FN4O/c1-27-12-17-16-11-18(24)20(14-9-10-14)25-22(16)28(23(29)21(17)26-27)19-8-4-6-13-5-2-3-7-15(13)19/h2-8,11-12,14H,9-10H2,1H3. The normalized spacial score (nSPS) is 14.3. The summed E-state index contributed by atoms with van der Waals surface area (Å²) < 4.78 is 18.0. The molecule has 3 heterocycles. The number of benzene rings is 2. The van der Waals surface area contributed by atoms with E-state index in [0.717, 1.165) is 29.3 Å². The van der Waals surface area contributed by atoms with E-state index < -0.39 is 0 Å². The van der Waals surface area contributed by atoms with E-state index in [2.05, 4.69) is 5.10 Å². The summed E-state index contributed by atoms with van der Waals surface area (Å²) in [5.74, 6) is -0.173. The van der Waals surface area contributed by atoms with Crippen molar-refractivity contribution < 1.29 is 4.39 Å². The molecule has 3 aromatic heterocycles. The van der Waals surface area contributed by atoms with Gasteiger partial charge in [-0.3, -0.25) is 14.0 Å². The van der Waals surface area contributed by atoms with E-state index in [4.69, 9.17) is 4.98 Å². The number of nitrogens with zero attached hydrogens (tertiary/aromatic N) is 4. The quantitative estimate of drug-likeness (QED) is 0.452. The summed E-state index contributed by atoms with van der Waals surface area (Å²) in [6, 6.07) is 15.2. The van der Waals surface area contributed by atoms with Crippen LogP contribution in [0.5, 0.6) is 0 Å². The molecule has 0 N–H and O–H groups in total. The molecule has 1 fully saturated rings. The van der Waals surface area contributed by atoms with Crippen LogP contribution in [0.2, 0.25) is 0 Å². The Balaban J connectivity index is 1.84. The summed E-state index contributed by atoms with van der Waals surface area (Å²) in [6.07, 6.45) is 3.62. The smallest absolute Gasteiger partial charge is 0.274 e. The van der Waals surface area contributed by atoms with Gasteiger partial charge in [0.25, 0.3) is 5.56 Å². The van der Waals surface area contributed by atoms with Gasteiger partial charge >= 0.3 is 0 Å². The molecule has 0 saturated heterocycles. The molecular formula is C23H17FN4O. The summed E-state index contributed by atoms with van der Waals surface area (Å²) in [4.78, 5) is 18.2. The maximum Gasteiger partial charge on any atom is 0.285 e. The summed E-state index contributed by atoms with van der Waals surface area (Å²) in [7, 11) is 1.76. The van der Waals surface area contributed by atoms with Crippen molar-refractivity contribution >= 4 is 32.7 Å². The van der Waals surface area contributed by atoms with Gasteiger partial charge in [0.15, 0.2) is 5.52 Å². The highest BCUT2D eigenvalue weighted by Gasteiger charge is 2.30. The number of pyridine rings is 2. The van der Waals surface area contributed by atoms with E-state index in [1.54, 1.807) is 22.5 Å². The summed E-state index contributed by atoms with van der Waals surface area (Å²) >= 11 is 0. The Kier molecular flexibility index (Phi) is 3.25. The summed E-state index contributed by atoms with van der Waals surface area (Å²) in [6.45, 7) is 0. The molecule has 0 aliphatic heterocycles. The van der Waals surface area contributed by atoms with Gasteiger partial charge in [0.1, 0.15) is 11.5 Å². The van der Waals surface area contributed by atoms with Crippen molar-refractivity contribution in [1.82, 2.24) is 19.3 Å². The number of halogens is 1. The molecule has 0 amide bonds. The molecule has 6 rings (SSSR count). The maximum absolute atomic E-state index is 14.9. The molecule has 0 radical (unpaired) electrons. The molecule has 142 valence electrons. The topological polar surface area (TPSA) is 52.7 Å². The number of fused-ring (bicyclic) bond motifs is 4. The largest absolute Gasteiger partial charge is 0.285 e. The van der Waals surface area contributed by atoms with Crippen LogP contribution in [0.15, 0.2) is 59.5 Å². The predicted octanol–water partition coefficient (Wildman–Crippen LogP) is 4.44. The second-order valence-electron chi connectivity index (χ2n) is 7.70. The Morgan fingerprint density at radius 3 is 2.66 bits per heavy atom. The highest BCUT2D eigenvalue weighted by molar-refractivity contribution is 6.04. The minimum Gasteiger partial charge on any atom is -0.274 e. The van der Waals surface area contributed by atoms with Crippen molar-refractivity contribution in [2.45, 2.75) is 18.8 Å². The van der Waals surface area contributed by atoms with Gasteiger partial charge in [0.2, 0.25) is 0 Å². The fourth-order valence-electron chi connectivity index (χ4n) is 4.18. The Morgan fingerprint density at radius 2 is 1.83 bits per heavy atom. The van der Waals surface area contributed by atoms with Crippen LogP contribution < -0.4 is 5.56 Å². The lowest BCUT2D eigenvalue weighted by Crippen LogP contribution is -2.21. The van der Waals surface area contributed by atoms with Crippen LogP contribution in [0.1, 0.15) is 24.5 Å². The van der Waals surface area contributed by atoms with E-state index in [0.29, 0.717) is 27.6 Å². The Bertz CT molecular complexity index is 1510.